The van der Waals surface area contributed by atoms with E-state index < -0.39 is 17.6 Å². The van der Waals surface area contributed by atoms with Gasteiger partial charge in [-0.1, -0.05) is 17.3 Å². The molecule has 0 bridgehead atoms. The molecule has 1 fully saturated rings. The maximum atomic E-state index is 13.3. The summed E-state index contributed by atoms with van der Waals surface area (Å²) in [5.41, 5.74) is -0.161. The number of halogens is 3. The molecule has 2 amide bonds. The number of likely N-dealkylation sites (tertiary alicyclic amines) is 1. The molecule has 0 atom stereocenters. The summed E-state index contributed by atoms with van der Waals surface area (Å²) in [6.45, 7) is 2.55. The van der Waals surface area contributed by atoms with Gasteiger partial charge in [0.25, 0.3) is 5.91 Å². The average Bonchev–Trinajstić information content (AvgIpc) is 3.28. The molecule has 1 aliphatic rings. The SMILES string of the molecule is Cc1ccnc(NC(=O)C2CCN(C(=O)c3cn(-c4ccccc4C(F)(F)F)nn3)CC2)c1. The Kier molecular flexibility index (Phi) is 6.12. The molecule has 4 rings (SSSR count). The highest BCUT2D eigenvalue weighted by molar-refractivity contribution is 5.93. The monoisotopic (exact) mass is 458 g/mol. The molecule has 33 heavy (non-hydrogen) atoms. The predicted octanol–water partition coefficient (Wildman–Crippen LogP) is 3.48. The second-order valence-electron chi connectivity index (χ2n) is 7.84. The minimum absolute atomic E-state index is 0.0566. The third-order valence-corrected chi connectivity index (χ3v) is 5.49. The molecule has 8 nitrogen and oxygen atoms in total. The number of rotatable bonds is 4. The molecule has 3 aromatic rings. The number of carbonyl (C=O) groups excluding carboxylic acids is 2. The fourth-order valence-corrected chi connectivity index (χ4v) is 3.73. The summed E-state index contributed by atoms with van der Waals surface area (Å²) in [6.07, 6.45) is -0.854. The van der Waals surface area contributed by atoms with Crippen LogP contribution in [0.3, 0.4) is 0 Å². The van der Waals surface area contributed by atoms with E-state index in [-0.39, 0.29) is 23.2 Å². The molecule has 172 valence electrons. The summed E-state index contributed by atoms with van der Waals surface area (Å²) >= 11 is 0. The molecule has 1 aromatic carbocycles. The summed E-state index contributed by atoms with van der Waals surface area (Å²) in [5.74, 6) is -0.389. The number of hydrogen-bond acceptors (Lipinski definition) is 5. The third-order valence-electron chi connectivity index (χ3n) is 5.49. The number of amides is 2. The first-order valence-corrected chi connectivity index (χ1v) is 10.3. The van der Waals surface area contributed by atoms with Gasteiger partial charge in [0.15, 0.2) is 5.69 Å². The number of nitrogens with zero attached hydrogens (tertiary/aromatic N) is 5. The van der Waals surface area contributed by atoms with Crippen LogP contribution in [0, 0.1) is 12.8 Å². The lowest BCUT2D eigenvalue weighted by atomic mass is 9.95. The molecule has 0 spiro atoms. The van der Waals surface area contributed by atoms with Crippen LogP contribution >= 0.6 is 0 Å². The van der Waals surface area contributed by atoms with Gasteiger partial charge >= 0.3 is 6.18 Å². The Morgan fingerprint density at radius 2 is 1.85 bits per heavy atom. The Hall–Kier alpha value is -3.76. The Balaban J connectivity index is 1.39. The van der Waals surface area contributed by atoms with Gasteiger partial charge in [-0.15, -0.1) is 5.10 Å². The van der Waals surface area contributed by atoms with Crippen molar-refractivity contribution in [2.75, 3.05) is 18.4 Å². The number of hydrogen-bond donors (Lipinski definition) is 1. The quantitative estimate of drug-likeness (QED) is 0.646. The van der Waals surface area contributed by atoms with Crippen LogP contribution in [0.25, 0.3) is 5.69 Å². The second-order valence-corrected chi connectivity index (χ2v) is 7.84. The molecule has 0 aliphatic carbocycles. The van der Waals surface area contributed by atoms with Crippen molar-refractivity contribution in [3.05, 3.63) is 65.6 Å². The predicted molar refractivity (Wildman–Crippen MR) is 113 cm³/mol. The molecular weight excluding hydrogens is 437 g/mol. The summed E-state index contributed by atoms with van der Waals surface area (Å²) in [4.78, 5) is 31.0. The summed E-state index contributed by atoms with van der Waals surface area (Å²) in [5, 5.41) is 10.3. The number of alkyl halides is 3. The van der Waals surface area contributed by atoms with E-state index in [1.165, 1.54) is 29.3 Å². The Morgan fingerprint density at radius 1 is 1.12 bits per heavy atom. The topological polar surface area (TPSA) is 93.0 Å². The Bertz CT molecular complexity index is 1170. The molecule has 1 aliphatic heterocycles. The summed E-state index contributed by atoms with van der Waals surface area (Å²) in [7, 11) is 0. The molecule has 3 heterocycles. The summed E-state index contributed by atoms with van der Waals surface area (Å²) < 4.78 is 40.8. The zero-order chi connectivity index (χ0) is 23.6. The third kappa shape index (κ3) is 5.02. The first-order chi connectivity index (χ1) is 15.7. The van der Waals surface area contributed by atoms with Crippen LogP contribution in [0.1, 0.15) is 34.5 Å². The van der Waals surface area contributed by atoms with Crippen LogP contribution in [0.5, 0.6) is 0 Å². The Labute approximate surface area is 187 Å². The number of pyridine rings is 1. The maximum Gasteiger partial charge on any atom is 0.418 e. The number of nitrogens with one attached hydrogen (secondary N) is 1. The van der Waals surface area contributed by atoms with Crippen molar-refractivity contribution in [1.82, 2.24) is 24.9 Å². The number of aryl methyl sites for hydroxylation is 1. The number of aromatic nitrogens is 4. The van der Waals surface area contributed by atoms with E-state index in [9.17, 15) is 22.8 Å². The number of benzene rings is 1. The first-order valence-electron chi connectivity index (χ1n) is 10.3. The second kappa shape index (κ2) is 9.00. The molecule has 0 radical (unpaired) electrons. The van der Waals surface area contributed by atoms with Gasteiger partial charge in [0.1, 0.15) is 5.82 Å². The van der Waals surface area contributed by atoms with Gasteiger partial charge in [-0.3, -0.25) is 9.59 Å². The van der Waals surface area contributed by atoms with Gasteiger partial charge in [-0.25, -0.2) is 9.67 Å². The molecular formula is C22H21F3N6O2. The highest BCUT2D eigenvalue weighted by Gasteiger charge is 2.34. The molecule has 0 unspecified atom stereocenters. The van der Waals surface area contributed by atoms with E-state index >= 15 is 0 Å². The van der Waals surface area contributed by atoms with Crippen molar-refractivity contribution >= 4 is 17.6 Å². The number of piperidine rings is 1. The van der Waals surface area contributed by atoms with Crippen molar-refractivity contribution in [1.29, 1.82) is 0 Å². The lowest BCUT2D eigenvalue weighted by Crippen LogP contribution is -2.41. The zero-order valence-corrected chi connectivity index (χ0v) is 17.7. The number of anilines is 1. The first kappa shape index (κ1) is 22.4. The maximum absolute atomic E-state index is 13.3. The van der Waals surface area contributed by atoms with Gasteiger partial charge in [0.05, 0.1) is 17.4 Å². The van der Waals surface area contributed by atoms with Gasteiger partial charge in [0, 0.05) is 25.2 Å². The molecule has 2 aromatic heterocycles. The van der Waals surface area contributed by atoms with Crippen molar-refractivity contribution in [3.63, 3.8) is 0 Å². The van der Waals surface area contributed by atoms with Crippen molar-refractivity contribution in [3.8, 4) is 5.69 Å². The number of carbonyl (C=O) groups is 2. The van der Waals surface area contributed by atoms with E-state index in [4.69, 9.17) is 0 Å². The lowest BCUT2D eigenvalue weighted by molar-refractivity contribution is -0.137. The largest absolute Gasteiger partial charge is 0.418 e. The van der Waals surface area contributed by atoms with E-state index in [2.05, 4.69) is 20.6 Å². The highest BCUT2D eigenvalue weighted by atomic mass is 19.4. The molecule has 1 saturated heterocycles. The van der Waals surface area contributed by atoms with E-state index in [1.54, 1.807) is 12.3 Å². The fourth-order valence-electron chi connectivity index (χ4n) is 3.73. The van der Waals surface area contributed by atoms with Crippen LogP contribution in [0.15, 0.2) is 48.8 Å². The summed E-state index contributed by atoms with van der Waals surface area (Å²) in [6, 6.07) is 8.55. The van der Waals surface area contributed by atoms with Crippen molar-refractivity contribution in [2.24, 2.45) is 5.92 Å². The minimum Gasteiger partial charge on any atom is -0.337 e. The lowest BCUT2D eigenvalue weighted by Gasteiger charge is -2.30. The zero-order valence-electron chi connectivity index (χ0n) is 17.7. The smallest absolute Gasteiger partial charge is 0.337 e. The molecule has 11 heteroatoms. The van der Waals surface area contributed by atoms with E-state index in [1.807, 2.05) is 13.0 Å². The van der Waals surface area contributed by atoms with Crippen LogP contribution in [-0.2, 0) is 11.0 Å². The van der Waals surface area contributed by atoms with Crippen molar-refractivity contribution < 1.29 is 22.8 Å². The average molecular weight is 458 g/mol. The van der Waals surface area contributed by atoms with Crippen LogP contribution < -0.4 is 5.32 Å². The van der Waals surface area contributed by atoms with Gasteiger partial charge in [-0.05, 0) is 49.6 Å². The number of para-hydroxylation sites is 1. The normalized spacial score (nSPS) is 14.8. The van der Waals surface area contributed by atoms with E-state index in [0.717, 1.165) is 16.3 Å². The minimum atomic E-state index is -4.57. The standard InChI is InChI=1S/C22H21F3N6O2/c1-14-6-9-26-19(12-14)27-20(32)15-7-10-30(11-8-15)21(33)17-13-31(29-28-17)18-5-3-2-4-16(18)22(23,24)25/h2-6,9,12-13,15H,7-8,10-11H2,1H3,(H,26,27,32). The van der Waals surface area contributed by atoms with Crippen LogP contribution in [0.4, 0.5) is 19.0 Å². The molecule has 1 N–H and O–H groups in total. The van der Waals surface area contributed by atoms with Gasteiger partial charge in [0.2, 0.25) is 5.91 Å². The van der Waals surface area contributed by atoms with Gasteiger partial charge in [-0.2, -0.15) is 13.2 Å². The van der Waals surface area contributed by atoms with Crippen molar-refractivity contribution in [2.45, 2.75) is 25.9 Å². The Morgan fingerprint density at radius 3 is 2.55 bits per heavy atom. The molecule has 0 saturated carbocycles. The van der Waals surface area contributed by atoms with E-state index in [0.29, 0.717) is 31.7 Å². The van der Waals surface area contributed by atoms with Crippen LogP contribution in [0.2, 0.25) is 0 Å². The van der Waals surface area contributed by atoms with Crippen LogP contribution in [-0.4, -0.2) is 49.8 Å². The highest BCUT2D eigenvalue weighted by Crippen LogP contribution is 2.33. The van der Waals surface area contributed by atoms with Gasteiger partial charge < -0.3 is 10.2 Å². The fraction of sp³-hybridized carbons (Fsp3) is 0.318.